The minimum Gasteiger partial charge on any atom is -0.484 e. The van der Waals surface area contributed by atoms with Crippen LogP contribution in [0.2, 0.25) is 0 Å². The molecule has 2 rings (SSSR count). The first kappa shape index (κ1) is 23.9. The van der Waals surface area contributed by atoms with Gasteiger partial charge in [0.05, 0.1) is 6.04 Å². The molecule has 0 bridgehead atoms. The van der Waals surface area contributed by atoms with E-state index in [0.717, 1.165) is 5.56 Å². The van der Waals surface area contributed by atoms with Crippen molar-refractivity contribution in [1.82, 2.24) is 10.6 Å². The first-order valence-electron chi connectivity index (χ1n) is 10.5. The summed E-state index contributed by atoms with van der Waals surface area (Å²) in [6.07, 6.45) is 0.410. The zero-order chi connectivity index (χ0) is 22.8. The van der Waals surface area contributed by atoms with Gasteiger partial charge < -0.3 is 20.7 Å². The molecule has 0 aliphatic carbocycles. The molecule has 2 aromatic rings. The standard InChI is InChI=1S/C24H31N3O4/c1-5-21(28)26-19-13-11-18(12-14-19)17(4)25-24(30)23(16(2)3)27-22(29)15-31-20-9-7-6-8-10-20/h6-14,16-17,23H,5,15H2,1-4H3,(H,25,30)(H,26,28)(H,27,29). The highest BCUT2D eigenvalue weighted by atomic mass is 16.5. The monoisotopic (exact) mass is 425 g/mol. The van der Waals surface area contributed by atoms with Crippen molar-refractivity contribution in [3.8, 4) is 5.75 Å². The second-order valence-corrected chi connectivity index (χ2v) is 7.64. The molecule has 0 saturated heterocycles. The molecule has 2 unspecified atom stereocenters. The molecule has 7 heteroatoms. The number of carbonyl (C=O) groups is 3. The quantitative estimate of drug-likeness (QED) is 0.543. The maximum atomic E-state index is 12.8. The summed E-state index contributed by atoms with van der Waals surface area (Å²) < 4.78 is 5.45. The van der Waals surface area contributed by atoms with Gasteiger partial charge in [-0.15, -0.1) is 0 Å². The molecule has 0 saturated carbocycles. The molecule has 0 fully saturated rings. The van der Waals surface area contributed by atoms with Gasteiger partial charge >= 0.3 is 0 Å². The SMILES string of the molecule is CCC(=O)Nc1ccc(C(C)NC(=O)C(NC(=O)COc2ccccc2)C(C)C)cc1. The summed E-state index contributed by atoms with van der Waals surface area (Å²) in [5.74, 6) is -0.184. The van der Waals surface area contributed by atoms with Gasteiger partial charge in [-0.3, -0.25) is 14.4 Å². The van der Waals surface area contributed by atoms with Gasteiger partial charge in [0.25, 0.3) is 5.91 Å². The van der Waals surface area contributed by atoms with Crippen LogP contribution in [0.3, 0.4) is 0 Å². The smallest absolute Gasteiger partial charge is 0.258 e. The van der Waals surface area contributed by atoms with E-state index in [9.17, 15) is 14.4 Å². The van der Waals surface area contributed by atoms with E-state index >= 15 is 0 Å². The van der Waals surface area contributed by atoms with Gasteiger partial charge in [-0.25, -0.2) is 0 Å². The molecule has 0 aromatic heterocycles. The zero-order valence-electron chi connectivity index (χ0n) is 18.5. The fourth-order valence-corrected chi connectivity index (χ4v) is 2.91. The normalized spacial score (nSPS) is 12.5. The van der Waals surface area contributed by atoms with Gasteiger partial charge in [-0.2, -0.15) is 0 Å². The summed E-state index contributed by atoms with van der Waals surface area (Å²) in [5.41, 5.74) is 1.60. The number of nitrogens with one attached hydrogen (secondary N) is 3. The lowest BCUT2D eigenvalue weighted by Crippen LogP contribution is -2.51. The van der Waals surface area contributed by atoms with E-state index in [-0.39, 0.29) is 36.3 Å². The van der Waals surface area contributed by atoms with Crippen LogP contribution >= 0.6 is 0 Å². The van der Waals surface area contributed by atoms with E-state index in [1.165, 1.54) is 0 Å². The highest BCUT2D eigenvalue weighted by molar-refractivity contribution is 5.90. The maximum absolute atomic E-state index is 12.8. The molecule has 7 nitrogen and oxygen atoms in total. The number of benzene rings is 2. The second kappa shape index (κ2) is 11.7. The van der Waals surface area contributed by atoms with Gasteiger partial charge in [0.15, 0.2) is 6.61 Å². The molecular formula is C24H31N3O4. The van der Waals surface area contributed by atoms with Crippen LogP contribution in [0.5, 0.6) is 5.75 Å². The molecule has 0 aliphatic heterocycles. The number of carbonyl (C=O) groups excluding carboxylic acids is 3. The summed E-state index contributed by atoms with van der Waals surface area (Å²) >= 11 is 0. The summed E-state index contributed by atoms with van der Waals surface area (Å²) in [6, 6.07) is 15.4. The largest absolute Gasteiger partial charge is 0.484 e. The molecular weight excluding hydrogens is 394 g/mol. The molecule has 0 radical (unpaired) electrons. The zero-order valence-corrected chi connectivity index (χ0v) is 18.5. The fraction of sp³-hybridized carbons (Fsp3) is 0.375. The van der Waals surface area contributed by atoms with Crippen molar-refractivity contribution in [2.24, 2.45) is 5.92 Å². The highest BCUT2D eigenvalue weighted by Gasteiger charge is 2.25. The predicted octanol–water partition coefficient (Wildman–Crippen LogP) is 3.43. The van der Waals surface area contributed by atoms with E-state index in [1.807, 2.05) is 51.1 Å². The Morgan fingerprint density at radius 2 is 1.52 bits per heavy atom. The molecule has 31 heavy (non-hydrogen) atoms. The van der Waals surface area contributed by atoms with Crippen LogP contribution < -0.4 is 20.7 Å². The molecule has 3 amide bonds. The summed E-state index contributed by atoms with van der Waals surface area (Å²) in [4.78, 5) is 36.6. The van der Waals surface area contributed by atoms with Crippen molar-refractivity contribution in [1.29, 1.82) is 0 Å². The van der Waals surface area contributed by atoms with Crippen molar-refractivity contribution in [3.63, 3.8) is 0 Å². The average molecular weight is 426 g/mol. The van der Waals surface area contributed by atoms with Crippen LogP contribution in [0, 0.1) is 5.92 Å². The van der Waals surface area contributed by atoms with Crippen molar-refractivity contribution < 1.29 is 19.1 Å². The number of hydrogen-bond acceptors (Lipinski definition) is 4. The second-order valence-electron chi connectivity index (χ2n) is 7.64. The minimum atomic E-state index is -0.683. The third kappa shape index (κ3) is 7.77. The van der Waals surface area contributed by atoms with Gasteiger partial charge in [0, 0.05) is 12.1 Å². The van der Waals surface area contributed by atoms with Gasteiger partial charge in [-0.05, 0) is 42.7 Å². The number of hydrogen-bond donors (Lipinski definition) is 3. The van der Waals surface area contributed by atoms with Crippen LogP contribution in [-0.2, 0) is 14.4 Å². The molecule has 2 atom stereocenters. The number of para-hydroxylation sites is 1. The lowest BCUT2D eigenvalue weighted by molar-refractivity contribution is -0.131. The first-order chi connectivity index (χ1) is 14.8. The molecule has 0 aliphatic rings. The number of rotatable bonds is 10. The van der Waals surface area contributed by atoms with Gasteiger partial charge in [-0.1, -0.05) is 51.1 Å². The summed E-state index contributed by atoms with van der Waals surface area (Å²) in [5, 5.41) is 8.49. The average Bonchev–Trinajstić information content (AvgIpc) is 2.76. The summed E-state index contributed by atoms with van der Waals surface area (Å²) in [7, 11) is 0. The lowest BCUT2D eigenvalue weighted by Gasteiger charge is -2.24. The van der Waals surface area contributed by atoms with Crippen molar-refractivity contribution in [3.05, 3.63) is 60.2 Å². The fourth-order valence-electron chi connectivity index (χ4n) is 2.91. The molecule has 3 N–H and O–H groups in total. The Kier molecular flexibility index (Phi) is 9.06. The van der Waals surface area contributed by atoms with Crippen LogP contribution in [0.25, 0.3) is 0 Å². The van der Waals surface area contributed by atoms with Gasteiger partial charge in [0.2, 0.25) is 11.8 Å². The van der Waals surface area contributed by atoms with Crippen molar-refractivity contribution >= 4 is 23.4 Å². The molecule has 166 valence electrons. The van der Waals surface area contributed by atoms with Crippen LogP contribution in [0.15, 0.2) is 54.6 Å². The number of ether oxygens (including phenoxy) is 1. The predicted molar refractivity (Wildman–Crippen MR) is 121 cm³/mol. The Labute approximate surface area is 183 Å². The van der Waals surface area contributed by atoms with Crippen LogP contribution in [0.4, 0.5) is 5.69 Å². The Morgan fingerprint density at radius 1 is 0.871 bits per heavy atom. The Balaban J connectivity index is 1.91. The number of amides is 3. The Morgan fingerprint density at radius 3 is 2.10 bits per heavy atom. The Bertz CT molecular complexity index is 866. The third-order valence-electron chi connectivity index (χ3n) is 4.75. The van der Waals surface area contributed by atoms with Gasteiger partial charge in [0.1, 0.15) is 11.8 Å². The van der Waals surface area contributed by atoms with Crippen LogP contribution in [-0.4, -0.2) is 30.4 Å². The Hall–Kier alpha value is -3.35. The molecule has 0 spiro atoms. The first-order valence-corrected chi connectivity index (χ1v) is 10.5. The molecule has 0 heterocycles. The van der Waals surface area contributed by atoms with E-state index < -0.39 is 6.04 Å². The minimum absolute atomic E-state index is 0.0548. The van der Waals surface area contributed by atoms with Crippen molar-refractivity contribution in [2.45, 2.75) is 46.2 Å². The van der Waals surface area contributed by atoms with E-state index in [0.29, 0.717) is 17.9 Å². The van der Waals surface area contributed by atoms with Crippen LogP contribution in [0.1, 0.15) is 45.7 Å². The van der Waals surface area contributed by atoms with Crippen molar-refractivity contribution in [2.75, 3.05) is 11.9 Å². The van der Waals surface area contributed by atoms with E-state index in [4.69, 9.17) is 4.74 Å². The topological polar surface area (TPSA) is 96.5 Å². The number of anilines is 1. The highest BCUT2D eigenvalue weighted by Crippen LogP contribution is 2.17. The van der Waals surface area contributed by atoms with E-state index in [2.05, 4.69) is 16.0 Å². The van der Waals surface area contributed by atoms with E-state index in [1.54, 1.807) is 31.2 Å². The third-order valence-corrected chi connectivity index (χ3v) is 4.75. The summed E-state index contributed by atoms with van der Waals surface area (Å²) in [6.45, 7) is 7.24. The molecule has 2 aromatic carbocycles. The lowest BCUT2D eigenvalue weighted by atomic mass is 10.0. The maximum Gasteiger partial charge on any atom is 0.258 e.